The molecule has 12 heavy (non-hydrogen) atoms. The molecule has 0 amide bonds. The van der Waals surface area contributed by atoms with Gasteiger partial charge >= 0.3 is 0 Å². The van der Waals surface area contributed by atoms with E-state index in [1.165, 1.54) is 32.1 Å². The average molecular weight is 170 g/mol. The molecule has 0 bridgehead atoms. The molecule has 1 fully saturated rings. The lowest BCUT2D eigenvalue weighted by molar-refractivity contribution is -0.00603. The van der Waals surface area contributed by atoms with Gasteiger partial charge in [-0.3, -0.25) is 0 Å². The first kappa shape index (κ1) is 10.0. The minimum atomic E-state index is -0.446. The quantitative estimate of drug-likeness (QED) is 0.675. The zero-order valence-corrected chi connectivity index (χ0v) is 8.64. The Labute approximate surface area is 76.2 Å². The Bertz CT molecular complexity index is 126. The maximum atomic E-state index is 9.80. The fourth-order valence-electron chi connectivity index (χ4n) is 2.28. The molecule has 1 aliphatic rings. The van der Waals surface area contributed by atoms with Crippen LogP contribution in [0.3, 0.4) is 0 Å². The molecule has 1 rings (SSSR count). The van der Waals surface area contributed by atoms with Crippen molar-refractivity contribution in [1.82, 2.24) is 0 Å². The van der Waals surface area contributed by atoms with Gasteiger partial charge < -0.3 is 5.11 Å². The van der Waals surface area contributed by atoms with Crippen molar-refractivity contribution in [3.8, 4) is 0 Å². The Morgan fingerprint density at radius 2 is 1.67 bits per heavy atom. The topological polar surface area (TPSA) is 20.2 Å². The molecule has 0 unspecified atom stereocenters. The third kappa shape index (κ3) is 2.48. The average Bonchev–Trinajstić information content (AvgIpc) is 2.03. The third-order valence-electron chi connectivity index (χ3n) is 3.42. The zero-order chi connectivity index (χ0) is 9.19. The first-order valence-corrected chi connectivity index (χ1v) is 5.26. The van der Waals surface area contributed by atoms with E-state index in [2.05, 4.69) is 6.92 Å². The molecule has 0 aromatic carbocycles. The SMILES string of the molecule is CC[C@H]1CC[C@H](C(C)(C)O)CC1. The summed E-state index contributed by atoms with van der Waals surface area (Å²) < 4.78 is 0. The molecule has 72 valence electrons. The smallest absolute Gasteiger partial charge is 0.0619 e. The molecule has 1 nitrogen and oxygen atoms in total. The fraction of sp³-hybridized carbons (Fsp3) is 1.00. The summed E-state index contributed by atoms with van der Waals surface area (Å²) in [6, 6.07) is 0. The van der Waals surface area contributed by atoms with Crippen LogP contribution in [-0.4, -0.2) is 10.7 Å². The molecule has 0 atom stereocenters. The number of hydrogen-bond acceptors (Lipinski definition) is 1. The second kappa shape index (κ2) is 3.78. The van der Waals surface area contributed by atoms with Gasteiger partial charge in [0.1, 0.15) is 0 Å². The molecule has 0 spiro atoms. The van der Waals surface area contributed by atoms with Crippen LogP contribution in [0, 0.1) is 11.8 Å². The van der Waals surface area contributed by atoms with E-state index in [1.54, 1.807) is 0 Å². The summed E-state index contributed by atoms with van der Waals surface area (Å²) in [5, 5.41) is 9.80. The molecule has 0 aromatic rings. The normalized spacial score (nSPS) is 32.0. The van der Waals surface area contributed by atoms with Gasteiger partial charge in [-0.05, 0) is 38.5 Å². The van der Waals surface area contributed by atoms with Crippen molar-refractivity contribution in [3.05, 3.63) is 0 Å². The highest BCUT2D eigenvalue weighted by atomic mass is 16.3. The highest BCUT2D eigenvalue weighted by Gasteiger charge is 2.30. The van der Waals surface area contributed by atoms with Gasteiger partial charge in [-0.1, -0.05) is 26.2 Å². The van der Waals surface area contributed by atoms with E-state index in [9.17, 15) is 5.11 Å². The molecule has 1 saturated carbocycles. The second-order valence-corrected chi connectivity index (χ2v) is 4.78. The van der Waals surface area contributed by atoms with Crippen LogP contribution in [0.15, 0.2) is 0 Å². The summed E-state index contributed by atoms with van der Waals surface area (Å²) in [6.45, 7) is 6.17. The molecule has 0 saturated heterocycles. The van der Waals surface area contributed by atoms with Gasteiger partial charge in [-0.15, -0.1) is 0 Å². The summed E-state index contributed by atoms with van der Waals surface area (Å²) in [7, 11) is 0. The lowest BCUT2D eigenvalue weighted by atomic mass is 9.74. The minimum Gasteiger partial charge on any atom is -0.390 e. The standard InChI is InChI=1S/C11H22O/c1-4-9-5-7-10(8-6-9)11(2,3)12/h9-10,12H,4-8H2,1-3H3/t9-,10-. The minimum absolute atomic E-state index is 0.446. The summed E-state index contributed by atoms with van der Waals surface area (Å²) in [6.07, 6.45) is 6.42. The van der Waals surface area contributed by atoms with Crippen molar-refractivity contribution in [2.24, 2.45) is 11.8 Å². The van der Waals surface area contributed by atoms with Gasteiger partial charge in [0.25, 0.3) is 0 Å². The molecule has 1 N–H and O–H groups in total. The van der Waals surface area contributed by atoms with E-state index in [0.717, 1.165) is 5.92 Å². The Morgan fingerprint density at radius 3 is 2.00 bits per heavy atom. The van der Waals surface area contributed by atoms with Crippen LogP contribution in [0.5, 0.6) is 0 Å². The van der Waals surface area contributed by atoms with Crippen LogP contribution in [0.2, 0.25) is 0 Å². The molecule has 0 aliphatic heterocycles. The maximum Gasteiger partial charge on any atom is 0.0619 e. The van der Waals surface area contributed by atoms with Crippen molar-refractivity contribution >= 4 is 0 Å². The second-order valence-electron chi connectivity index (χ2n) is 4.78. The first-order chi connectivity index (χ1) is 5.54. The molecule has 1 heteroatoms. The lowest BCUT2D eigenvalue weighted by Gasteiger charge is -2.35. The van der Waals surface area contributed by atoms with Crippen molar-refractivity contribution < 1.29 is 5.11 Å². The van der Waals surface area contributed by atoms with Gasteiger partial charge in [0.15, 0.2) is 0 Å². The number of rotatable bonds is 2. The molecule has 0 aromatic heterocycles. The predicted molar refractivity (Wildman–Crippen MR) is 52.0 cm³/mol. The molecule has 0 radical (unpaired) electrons. The van der Waals surface area contributed by atoms with Gasteiger partial charge in [-0.2, -0.15) is 0 Å². The van der Waals surface area contributed by atoms with Crippen LogP contribution in [0.25, 0.3) is 0 Å². The highest BCUT2D eigenvalue weighted by Crippen LogP contribution is 2.36. The van der Waals surface area contributed by atoms with Crippen LogP contribution in [0.1, 0.15) is 52.9 Å². The van der Waals surface area contributed by atoms with Gasteiger partial charge in [0, 0.05) is 0 Å². The van der Waals surface area contributed by atoms with Gasteiger partial charge in [0.2, 0.25) is 0 Å². The van der Waals surface area contributed by atoms with E-state index in [-0.39, 0.29) is 0 Å². The molecular weight excluding hydrogens is 148 g/mol. The van der Waals surface area contributed by atoms with Crippen LogP contribution in [0.4, 0.5) is 0 Å². The largest absolute Gasteiger partial charge is 0.390 e. The van der Waals surface area contributed by atoms with Crippen molar-refractivity contribution in [2.45, 2.75) is 58.5 Å². The summed E-state index contributed by atoms with van der Waals surface area (Å²) in [4.78, 5) is 0. The Hall–Kier alpha value is -0.0400. The fourth-order valence-corrected chi connectivity index (χ4v) is 2.28. The Kier molecular flexibility index (Phi) is 3.16. The van der Waals surface area contributed by atoms with Crippen LogP contribution < -0.4 is 0 Å². The highest BCUT2D eigenvalue weighted by molar-refractivity contribution is 4.82. The third-order valence-corrected chi connectivity index (χ3v) is 3.42. The predicted octanol–water partition coefficient (Wildman–Crippen LogP) is 2.97. The monoisotopic (exact) mass is 170 g/mol. The Morgan fingerprint density at radius 1 is 1.17 bits per heavy atom. The van der Waals surface area contributed by atoms with Crippen LogP contribution >= 0.6 is 0 Å². The summed E-state index contributed by atoms with van der Waals surface area (Å²) in [5.41, 5.74) is -0.446. The van der Waals surface area contributed by atoms with E-state index in [1.807, 2.05) is 13.8 Å². The van der Waals surface area contributed by atoms with Gasteiger partial charge in [0.05, 0.1) is 5.60 Å². The van der Waals surface area contributed by atoms with E-state index in [0.29, 0.717) is 5.92 Å². The Balaban J connectivity index is 2.36. The summed E-state index contributed by atoms with van der Waals surface area (Å²) in [5.74, 6) is 1.48. The number of aliphatic hydroxyl groups is 1. The van der Waals surface area contributed by atoms with Crippen molar-refractivity contribution in [2.75, 3.05) is 0 Å². The maximum absolute atomic E-state index is 9.80. The van der Waals surface area contributed by atoms with Crippen LogP contribution in [-0.2, 0) is 0 Å². The molecule has 0 heterocycles. The van der Waals surface area contributed by atoms with Crippen molar-refractivity contribution in [3.63, 3.8) is 0 Å². The summed E-state index contributed by atoms with van der Waals surface area (Å²) >= 11 is 0. The van der Waals surface area contributed by atoms with E-state index >= 15 is 0 Å². The van der Waals surface area contributed by atoms with Crippen molar-refractivity contribution in [1.29, 1.82) is 0 Å². The van der Waals surface area contributed by atoms with E-state index < -0.39 is 5.60 Å². The first-order valence-electron chi connectivity index (χ1n) is 5.26. The number of hydrogen-bond donors (Lipinski definition) is 1. The van der Waals surface area contributed by atoms with Gasteiger partial charge in [-0.25, -0.2) is 0 Å². The van der Waals surface area contributed by atoms with E-state index in [4.69, 9.17) is 0 Å². The lowest BCUT2D eigenvalue weighted by Crippen LogP contribution is -2.33. The molecular formula is C11H22O. The zero-order valence-electron chi connectivity index (χ0n) is 8.64. The molecule has 1 aliphatic carbocycles.